The zero-order valence-corrected chi connectivity index (χ0v) is 11.9. The second kappa shape index (κ2) is 5.00. The van der Waals surface area contributed by atoms with Crippen LogP contribution in [0.2, 0.25) is 0 Å². The first-order valence-electron chi connectivity index (χ1n) is 6.63. The molecule has 1 radical (unpaired) electrons. The fourth-order valence-electron chi connectivity index (χ4n) is 2.22. The molecule has 99 valence electrons. The third-order valence-corrected chi connectivity index (χ3v) is 3.26. The van der Waals surface area contributed by atoms with Gasteiger partial charge in [-0.05, 0) is 32.9 Å². The molecule has 0 aliphatic heterocycles. The fourth-order valence-corrected chi connectivity index (χ4v) is 2.22. The summed E-state index contributed by atoms with van der Waals surface area (Å²) in [4.78, 5) is 0. The van der Waals surface area contributed by atoms with Crippen LogP contribution in [0.3, 0.4) is 0 Å². The lowest BCUT2D eigenvalue weighted by Gasteiger charge is -2.03. The lowest BCUT2D eigenvalue weighted by molar-refractivity contribution is 0.842. The molecule has 0 fully saturated rings. The molecule has 4 nitrogen and oxygen atoms in total. The van der Waals surface area contributed by atoms with Crippen molar-refractivity contribution in [1.82, 2.24) is 19.4 Å². The molecule has 0 unspecified atom stereocenters. The summed E-state index contributed by atoms with van der Waals surface area (Å²) in [6.07, 6.45) is 0. The molecule has 3 rings (SSSR count). The largest absolute Gasteiger partial charge is 0.437 e. The minimum absolute atomic E-state index is 0.973. The molecule has 3 aromatic rings. The molecule has 0 saturated carbocycles. The van der Waals surface area contributed by atoms with Gasteiger partial charge in [0.05, 0.1) is 11.4 Å². The van der Waals surface area contributed by atoms with E-state index in [0.29, 0.717) is 0 Å². The number of hydrogen-bond donors (Lipinski definition) is 0. The summed E-state index contributed by atoms with van der Waals surface area (Å²) in [6.45, 7) is 6.07. The summed E-state index contributed by atoms with van der Waals surface area (Å²) in [6, 6.07) is 14.3. The summed E-state index contributed by atoms with van der Waals surface area (Å²) in [5, 5.41) is 9.05. The average Bonchev–Trinajstić information content (AvgIpc) is 2.95. The smallest absolute Gasteiger partial charge is 0.290 e. The third-order valence-electron chi connectivity index (χ3n) is 3.26. The van der Waals surface area contributed by atoms with E-state index >= 15 is 0 Å². The molecule has 20 heavy (non-hydrogen) atoms. The number of benzene rings is 1. The highest BCUT2D eigenvalue weighted by molar-refractivity contribution is 6.31. The first kappa shape index (κ1) is 12.7. The van der Waals surface area contributed by atoms with Gasteiger partial charge >= 0.3 is 7.55 Å². The van der Waals surface area contributed by atoms with Crippen molar-refractivity contribution in [3.05, 3.63) is 59.5 Å². The number of aromatic nitrogens is 4. The van der Waals surface area contributed by atoms with E-state index in [2.05, 4.69) is 28.4 Å². The maximum Gasteiger partial charge on any atom is 0.437 e. The van der Waals surface area contributed by atoms with Crippen LogP contribution in [0.4, 0.5) is 0 Å². The van der Waals surface area contributed by atoms with E-state index in [1.54, 1.807) is 0 Å². The van der Waals surface area contributed by atoms with Gasteiger partial charge in [0.25, 0.3) is 0 Å². The van der Waals surface area contributed by atoms with Gasteiger partial charge < -0.3 is 0 Å². The molecule has 0 amide bonds. The first-order chi connectivity index (χ1) is 9.63. The van der Waals surface area contributed by atoms with Gasteiger partial charge in [-0.3, -0.25) is 9.19 Å². The summed E-state index contributed by atoms with van der Waals surface area (Å²) in [5.74, 6) is 0. The zero-order valence-electron chi connectivity index (χ0n) is 11.9. The van der Waals surface area contributed by atoms with Gasteiger partial charge in [-0.2, -0.15) is 10.2 Å². The molecule has 0 N–H and O–H groups in total. The van der Waals surface area contributed by atoms with E-state index in [0.717, 1.165) is 28.3 Å². The lowest BCUT2D eigenvalue weighted by Crippen LogP contribution is -2.21. The SMILES string of the molecule is Cc1cc(C)n([B]n2nc(-c3ccccc3)cc2C)n1. The van der Waals surface area contributed by atoms with Crippen LogP contribution in [-0.4, -0.2) is 26.9 Å². The van der Waals surface area contributed by atoms with Gasteiger partial charge in [0.1, 0.15) is 0 Å². The van der Waals surface area contributed by atoms with Gasteiger partial charge in [-0.15, -0.1) is 0 Å². The van der Waals surface area contributed by atoms with Gasteiger partial charge in [0.15, 0.2) is 0 Å². The molecule has 1 aromatic carbocycles. The minimum Gasteiger partial charge on any atom is -0.290 e. The summed E-state index contributed by atoms with van der Waals surface area (Å²) >= 11 is 0. The molecule has 0 aliphatic rings. The normalized spacial score (nSPS) is 10.8. The molecule has 5 heteroatoms. The van der Waals surface area contributed by atoms with E-state index in [-0.39, 0.29) is 0 Å². The maximum atomic E-state index is 4.63. The predicted octanol–water partition coefficient (Wildman–Crippen LogP) is 2.60. The van der Waals surface area contributed by atoms with Gasteiger partial charge in [0.2, 0.25) is 0 Å². The first-order valence-corrected chi connectivity index (χ1v) is 6.63. The Morgan fingerprint density at radius 1 is 0.850 bits per heavy atom. The van der Waals surface area contributed by atoms with Crippen molar-refractivity contribution in [3.8, 4) is 11.3 Å². The minimum atomic E-state index is 0.973. The molecular weight excluding hydrogens is 247 g/mol. The lowest BCUT2D eigenvalue weighted by atomic mass is 10.1. The van der Waals surface area contributed by atoms with Crippen LogP contribution in [0.25, 0.3) is 11.3 Å². The van der Waals surface area contributed by atoms with E-state index in [9.17, 15) is 0 Å². The Kier molecular flexibility index (Phi) is 3.18. The van der Waals surface area contributed by atoms with Crippen molar-refractivity contribution in [2.75, 3.05) is 0 Å². The molecule has 0 aliphatic carbocycles. The van der Waals surface area contributed by atoms with Crippen LogP contribution in [0, 0.1) is 20.8 Å². The number of aryl methyl sites for hydroxylation is 3. The highest BCUT2D eigenvalue weighted by Gasteiger charge is 2.11. The Hall–Kier alpha value is -2.30. The number of hydrogen-bond acceptors (Lipinski definition) is 2. The number of nitrogens with zero attached hydrogens (tertiary/aromatic N) is 4. The van der Waals surface area contributed by atoms with Crippen molar-refractivity contribution in [1.29, 1.82) is 0 Å². The maximum absolute atomic E-state index is 4.63. The molecule has 0 saturated heterocycles. The molecule has 2 heterocycles. The van der Waals surface area contributed by atoms with Crippen molar-refractivity contribution in [2.45, 2.75) is 20.8 Å². The molecule has 0 atom stereocenters. The Balaban J connectivity index is 1.92. The summed E-state index contributed by atoms with van der Waals surface area (Å²) in [7, 11) is 1.91. The Morgan fingerprint density at radius 2 is 1.50 bits per heavy atom. The van der Waals surface area contributed by atoms with Crippen molar-refractivity contribution >= 4 is 7.55 Å². The summed E-state index contributed by atoms with van der Waals surface area (Å²) < 4.78 is 3.71. The standard InChI is InChI=1S/C15H16BN4/c1-11-9-12(2)19(17-11)16-20-13(3)10-15(18-20)14-7-5-4-6-8-14/h4-10H,1-3H3. The highest BCUT2D eigenvalue weighted by Crippen LogP contribution is 2.17. The Bertz CT molecular complexity index is 728. The Labute approximate surface area is 119 Å². The fraction of sp³-hybridized carbons (Fsp3) is 0.200. The quantitative estimate of drug-likeness (QED) is 0.681. The van der Waals surface area contributed by atoms with Crippen molar-refractivity contribution in [3.63, 3.8) is 0 Å². The Morgan fingerprint density at radius 3 is 2.15 bits per heavy atom. The van der Waals surface area contributed by atoms with Crippen LogP contribution >= 0.6 is 0 Å². The molecule has 0 spiro atoms. The van der Waals surface area contributed by atoms with E-state index < -0.39 is 0 Å². The molecule has 0 bridgehead atoms. The molecular formula is C15H16BN4. The second-order valence-electron chi connectivity index (χ2n) is 4.97. The van der Waals surface area contributed by atoms with Crippen molar-refractivity contribution < 1.29 is 0 Å². The van der Waals surface area contributed by atoms with Crippen LogP contribution < -0.4 is 0 Å². The van der Waals surface area contributed by atoms with Crippen LogP contribution in [0.1, 0.15) is 17.1 Å². The van der Waals surface area contributed by atoms with Gasteiger partial charge in [-0.1, -0.05) is 30.3 Å². The summed E-state index contributed by atoms with van der Waals surface area (Å²) in [5.41, 5.74) is 5.28. The van der Waals surface area contributed by atoms with Gasteiger partial charge in [-0.25, -0.2) is 0 Å². The van der Waals surface area contributed by atoms with Crippen LogP contribution in [0.5, 0.6) is 0 Å². The van der Waals surface area contributed by atoms with Crippen LogP contribution in [-0.2, 0) is 0 Å². The molecule has 2 aromatic heterocycles. The van der Waals surface area contributed by atoms with E-state index in [1.165, 1.54) is 0 Å². The second-order valence-corrected chi connectivity index (χ2v) is 4.97. The topological polar surface area (TPSA) is 35.6 Å². The predicted molar refractivity (Wildman–Crippen MR) is 80.7 cm³/mol. The highest BCUT2D eigenvalue weighted by atomic mass is 15.3. The van der Waals surface area contributed by atoms with Crippen LogP contribution in [0.15, 0.2) is 42.5 Å². The number of rotatable bonds is 3. The van der Waals surface area contributed by atoms with Gasteiger partial charge in [0, 0.05) is 17.0 Å². The average molecular weight is 263 g/mol. The third kappa shape index (κ3) is 2.39. The van der Waals surface area contributed by atoms with Crippen molar-refractivity contribution in [2.24, 2.45) is 0 Å². The van der Waals surface area contributed by atoms with E-state index in [4.69, 9.17) is 0 Å². The monoisotopic (exact) mass is 263 g/mol. The van der Waals surface area contributed by atoms with E-state index in [1.807, 2.05) is 61.8 Å². The zero-order chi connectivity index (χ0) is 14.1.